The van der Waals surface area contributed by atoms with E-state index in [0.717, 1.165) is 6.07 Å². The highest BCUT2D eigenvalue weighted by molar-refractivity contribution is 5.39. The quantitative estimate of drug-likeness (QED) is 0.646. The lowest BCUT2D eigenvalue weighted by molar-refractivity contribution is 0.391. The Kier molecular flexibility index (Phi) is 2.08. The molecule has 0 aliphatic rings. The highest BCUT2D eigenvalue weighted by Gasteiger charge is 2.08. The monoisotopic (exact) mass is 169 g/mol. The first-order chi connectivity index (χ1) is 5.57. The average Bonchev–Trinajstić information content (AvgIpc) is 2.01. The van der Waals surface area contributed by atoms with Gasteiger partial charge in [-0.15, -0.1) is 0 Å². The van der Waals surface area contributed by atoms with E-state index in [2.05, 4.69) is 0 Å². The van der Waals surface area contributed by atoms with E-state index in [1.54, 1.807) is 13.8 Å². The van der Waals surface area contributed by atoms with Crippen LogP contribution in [0.2, 0.25) is 0 Å². The molecule has 1 aromatic heterocycles. The molecule has 0 saturated carbocycles. The summed E-state index contributed by atoms with van der Waals surface area (Å²) < 4.78 is 1.38. The highest BCUT2D eigenvalue weighted by atomic mass is 16.3. The summed E-state index contributed by atoms with van der Waals surface area (Å²) in [6.45, 7) is 3.86. The topological polar surface area (TPSA) is 62.5 Å². The van der Waals surface area contributed by atoms with Gasteiger partial charge in [0.15, 0.2) is 11.5 Å². The molecule has 0 aliphatic carbocycles. The minimum absolute atomic E-state index is 0.226. The maximum Gasteiger partial charge on any atom is 0.254 e. The van der Waals surface area contributed by atoms with Crippen molar-refractivity contribution in [2.45, 2.75) is 20.4 Å². The van der Waals surface area contributed by atoms with E-state index in [1.165, 1.54) is 4.57 Å². The molecule has 0 amide bonds. The van der Waals surface area contributed by atoms with Gasteiger partial charge in [-0.3, -0.25) is 4.79 Å². The predicted octanol–water partition coefficient (Wildman–Crippen LogP) is 0.588. The third kappa shape index (κ3) is 1.15. The average molecular weight is 169 g/mol. The molecule has 0 aliphatic heterocycles. The number of pyridine rings is 1. The van der Waals surface area contributed by atoms with Crippen LogP contribution in [0.4, 0.5) is 0 Å². The molecule has 0 aromatic carbocycles. The van der Waals surface area contributed by atoms with Gasteiger partial charge in [0.25, 0.3) is 5.56 Å². The molecular formula is C8H11NO3. The van der Waals surface area contributed by atoms with Crippen LogP contribution in [0.5, 0.6) is 11.5 Å². The lowest BCUT2D eigenvalue weighted by atomic mass is 10.3. The molecule has 66 valence electrons. The molecular weight excluding hydrogens is 158 g/mol. The van der Waals surface area contributed by atoms with Crippen molar-refractivity contribution in [3.63, 3.8) is 0 Å². The Labute approximate surface area is 69.7 Å². The molecule has 2 N–H and O–H groups in total. The van der Waals surface area contributed by atoms with Crippen molar-refractivity contribution in [2.24, 2.45) is 0 Å². The van der Waals surface area contributed by atoms with E-state index in [0.29, 0.717) is 12.2 Å². The van der Waals surface area contributed by atoms with Crippen LogP contribution in [0.15, 0.2) is 10.9 Å². The minimum atomic E-state index is -0.359. The van der Waals surface area contributed by atoms with Crippen molar-refractivity contribution in [3.05, 3.63) is 22.1 Å². The molecule has 0 radical (unpaired) electrons. The smallest absolute Gasteiger partial charge is 0.254 e. The van der Waals surface area contributed by atoms with Crippen LogP contribution in [0.3, 0.4) is 0 Å². The van der Waals surface area contributed by atoms with Gasteiger partial charge in [-0.1, -0.05) is 0 Å². The lowest BCUT2D eigenvalue weighted by Gasteiger charge is -2.08. The second kappa shape index (κ2) is 2.89. The van der Waals surface area contributed by atoms with Crippen molar-refractivity contribution >= 4 is 0 Å². The first-order valence-corrected chi connectivity index (χ1v) is 3.70. The molecule has 0 fully saturated rings. The van der Waals surface area contributed by atoms with Gasteiger partial charge < -0.3 is 14.8 Å². The van der Waals surface area contributed by atoms with Crippen LogP contribution in [0.25, 0.3) is 0 Å². The van der Waals surface area contributed by atoms with Crippen molar-refractivity contribution in [1.82, 2.24) is 4.57 Å². The van der Waals surface area contributed by atoms with Crippen LogP contribution in [-0.2, 0) is 6.54 Å². The number of rotatable bonds is 1. The molecule has 12 heavy (non-hydrogen) atoms. The van der Waals surface area contributed by atoms with Gasteiger partial charge in [0.05, 0.1) is 5.69 Å². The van der Waals surface area contributed by atoms with E-state index in [-0.39, 0.29) is 17.1 Å². The summed E-state index contributed by atoms with van der Waals surface area (Å²) in [4.78, 5) is 11.1. The standard InChI is InChI=1S/C8H11NO3/c1-3-9-5(2)8(12)6(10)4-7(9)11/h4,10,12H,3H2,1-2H3. The van der Waals surface area contributed by atoms with Crippen molar-refractivity contribution in [3.8, 4) is 11.5 Å². The summed E-state index contributed by atoms with van der Waals surface area (Å²) in [5.41, 5.74) is 0.0906. The van der Waals surface area contributed by atoms with E-state index < -0.39 is 0 Å². The van der Waals surface area contributed by atoms with Crippen molar-refractivity contribution in [2.75, 3.05) is 0 Å². The molecule has 4 nitrogen and oxygen atoms in total. The SMILES string of the molecule is CCn1c(C)c(O)c(O)cc1=O. The number of aromatic hydroxyl groups is 2. The number of hydrogen-bond donors (Lipinski definition) is 2. The maximum absolute atomic E-state index is 11.1. The van der Waals surface area contributed by atoms with Crippen molar-refractivity contribution in [1.29, 1.82) is 0 Å². The van der Waals surface area contributed by atoms with Gasteiger partial charge in [-0.2, -0.15) is 0 Å². The summed E-state index contributed by atoms with van der Waals surface area (Å²) in [6, 6.07) is 1.01. The van der Waals surface area contributed by atoms with E-state index in [9.17, 15) is 9.90 Å². The molecule has 0 unspecified atom stereocenters. The van der Waals surface area contributed by atoms with Gasteiger partial charge in [0.2, 0.25) is 0 Å². The van der Waals surface area contributed by atoms with Crippen LogP contribution in [-0.4, -0.2) is 14.8 Å². The molecule has 1 heterocycles. The maximum atomic E-state index is 11.1. The third-order valence-electron chi connectivity index (χ3n) is 1.83. The second-order valence-electron chi connectivity index (χ2n) is 2.55. The number of nitrogens with zero attached hydrogens (tertiary/aromatic N) is 1. The molecule has 1 aromatic rings. The van der Waals surface area contributed by atoms with Gasteiger partial charge in [-0.25, -0.2) is 0 Å². The highest BCUT2D eigenvalue weighted by Crippen LogP contribution is 2.25. The Bertz CT molecular complexity index is 354. The summed E-state index contributed by atoms with van der Waals surface area (Å²) in [6.07, 6.45) is 0. The Morgan fingerprint density at radius 3 is 2.58 bits per heavy atom. The van der Waals surface area contributed by atoms with Crippen LogP contribution < -0.4 is 5.56 Å². The second-order valence-corrected chi connectivity index (χ2v) is 2.55. The zero-order chi connectivity index (χ0) is 9.30. The van der Waals surface area contributed by atoms with Gasteiger partial charge in [0, 0.05) is 12.6 Å². The van der Waals surface area contributed by atoms with E-state index >= 15 is 0 Å². The predicted molar refractivity (Wildman–Crippen MR) is 44.4 cm³/mol. The fraction of sp³-hybridized carbons (Fsp3) is 0.375. The summed E-state index contributed by atoms with van der Waals surface area (Å²) in [5.74, 6) is -0.585. The summed E-state index contributed by atoms with van der Waals surface area (Å²) in [7, 11) is 0. The number of hydrogen-bond acceptors (Lipinski definition) is 3. The Hall–Kier alpha value is -1.45. The van der Waals surface area contributed by atoms with Gasteiger partial charge >= 0.3 is 0 Å². The Morgan fingerprint density at radius 2 is 2.08 bits per heavy atom. The summed E-state index contributed by atoms with van der Waals surface area (Å²) in [5, 5.41) is 18.3. The Morgan fingerprint density at radius 1 is 1.50 bits per heavy atom. The Balaban J connectivity index is 3.52. The zero-order valence-electron chi connectivity index (χ0n) is 7.03. The van der Waals surface area contributed by atoms with Gasteiger partial charge in [0.1, 0.15) is 0 Å². The molecule has 1 rings (SSSR count). The zero-order valence-corrected chi connectivity index (χ0v) is 7.03. The minimum Gasteiger partial charge on any atom is -0.504 e. The van der Waals surface area contributed by atoms with Crippen molar-refractivity contribution < 1.29 is 10.2 Å². The molecule has 0 saturated heterocycles. The van der Waals surface area contributed by atoms with Crippen LogP contribution in [0, 0.1) is 6.92 Å². The summed E-state index contributed by atoms with van der Waals surface area (Å²) >= 11 is 0. The first-order valence-electron chi connectivity index (χ1n) is 3.70. The molecule has 4 heteroatoms. The molecule has 0 bridgehead atoms. The van der Waals surface area contributed by atoms with Gasteiger partial charge in [-0.05, 0) is 13.8 Å². The van der Waals surface area contributed by atoms with Crippen LogP contribution in [0.1, 0.15) is 12.6 Å². The first kappa shape index (κ1) is 8.64. The fourth-order valence-corrected chi connectivity index (χ4v) is 1.13. The number of aromatic nitrogens is 1. The van der Waals surface area contributed by atoms with E-state index in [4.69, 9.17) is 5.11 Å². The largest absolute Gasteiger partial charge is 0.504 e. The molecule has 0 spiro atoms. The third-order valence-corrected chi connectivity index (χ3v) is 1.83. The lowest BCUT2D eigenvalue weighted by Crippen LogP contribution is -2.19. The fourth-order valence-electron chi connectivity index (χ4n) is 1.13. The van der Waals surface area contributed by atoms with Crippen LogP contribution >= 0.6 is 0 Å². The normalized spacial score (nSPS) is 10.2. The molecule has 0 atom stereocenters. The van der Waals surface area contributed by atoms with E-state index in [1.807, 2.05) is 0 Å².